The number of nitrogens with one attached hydrogen (secondary N) is 1. The second-order valence-corrected chi connectivity index (χ2v) is 3.64. The molecular formula is C14H14N2. The fourth-order valence-electron chi connectivity index (χ4n) is 1.73. The predicted octanol–water partition coefficient (Wildman–Crippen LogP) is 2.35. The van der Waals surface area contributed by atoms with E-state index in [4.69, 9.17) is 6.42 Å². The molecule has 2 nitrogen and oxygen atoms in total. The standard InChI is InChI=1S/C14H14N2/c1-2-3-8-15-10-12-5-4-6-13-11-16-9-7-14(12)13/h1,4-7,9,11,15H,3,8,10H2. The van der Waals surface area contributed by atoms with Crippen LogP contribution in [0.1, 0.15) is 12.0 Å². The van der Waals surface area contributed by atoms with E-state index in [-0.39, 0.29) is 0 Å². The van der Waals surface area contributed by atoms with Gasteiger partial charge >= 0.3 is 0 Å². The number of hydrogen-bond acceptors (Lipinski definition) is 2. The van der Waals surface area contributed by atoms with Crippen LogP contribution in [0.3, 0.4) is 0 Å². The summed E-state index contributed by atoms with van der Waals surface area (Å²) in [5.74, 6) is 2.62. The molecule has 80 valence electrons. The summed E-state index contributed by atoms with van der Waals surface area (Å²) in [6, 6.07) is 8.31. The molecule has 1 aromatic carbocycles. The summed E-state index contributed by atoms with van der Waals surface area (Å²) in [4.78, 5) is 4.12. The first-order chi connectivity index (χ1) is 7.92. The minimum atomic E-state index is 0.770. The van der Waals surface area contributed by atoms with Gasteiger partial charge in [-0.25, -0.2) is 0 Å². The molecule has 0 bridgehead atoms. The minimum Gasteiger partial charge on any atom is -0.312 e. The van der Waals surface area contributed by atoms with Gasteiger partial charge < -0.3 is 5.32 Å². The van der Waals surface area contributed by atoms with Crippen molar-refractivity contribution < 1.29 is 0 Å². The van der Waals surface area contributed by atoms with E-state index in [1.165, 1.54) is 16.3 Å². The second kappa shape index (κ2) is 5.29. The summed E-state index contributed by atoms with van der Waals surface area (Å²) in [6.07, 6.45) is 9.69. The number of rotatable bonds is 4. The molecule has 0 atom stereocenters. The zero-order chi connectivity index (χ0) is 11.2. The summed E-state index contributed by atoms with van der Waals surface area (Å²) in [5.41, 5.74) is 1.29. The molecule has 0 aliphatic heterocycles. The van der Waals surface area contributed by atoms with Crippen LogP contribution in [0.15, 0.2) is 36.7 Å². The monoisotopic (exact) mass is 210 g/mol. The molecule has 0 aliphatic carbocycles. The van der Waals surface area contributed by atoms with Gasteiger partial charge in [-0.2, -0.15) is 0 Å². The highest BCUT2D eigenvalue weighted by molar-refractivity contribution is 5.84. The molecule has 0 saturated heterocycles. The third-order valence-corrected chi connectivity index (χ3v) is 2.53. The Kier molecular flexibility index (Phi) is 3.53. The van der Waals surface area contributed by atoms with Crippen LogP contribution in [0.5, 0.6) is 0 Å². The Labute approximate surface area is 95.7 Å². The van der Waals surface area contributed by atoms with Crippen molar-refractivity contribution in [3.8, 4) is 12.3 Å². The normalized spacial score (nSPS) is 10.2. The van der Waals surface area contributed by atoms with Gasteiger partial charge in [0, 0.05) is 37.3 Å². The molecule has 0 fully saturated rings. The summed E-state index contributed by atoms with van der Waals surface area (Å²) < 4.78 is 0. The van der Waals surface area contributed by atoms with Gasteiger partial charge in [-0.3, -0.25) is 4.98 Å². The number of benzene rings is 1. The Morgan fingerprint density at radius 1 is 1.31 bits per heavy atom. The van der Waals surface area contributed by atoms with Gasteiger partial charge in [-0.15, -0.1) is 12.3 Å². The van der Waals surface area contributed by atoms with Crippen molar-refractivity contribution in [3.05, 3.63) is 42.2 Å². The van der Waals surface area contributed by atoms with Crippen LogP contribution in [0.4, 0.5) is 0 Å². The first-order valence-electron chi connectivity index (χ1n) is 5.37. The van der Waals surface area contributed by atoms with Crippen molar-refractivity contribution in [2.24, 2.45) is 0 Å². The van der Waals surface area contributed by atoms with Crippen LogP contribution in [0.25, 0.3) is 10.8 Å². The fraction of sp³-hybridized carbons (Fsp3) is 0.214. The number of pyridine rings is 1. The molecule has 16 heavy (non-hydrogen) atoms. The van der Waals surface area contributed by atoms with Crippen molar-refractivity contribution in [2.75, 3.05) is 6.54 Å². The average molecular weight is 210 g/mol. The molecule has 1 N–H and O–H groups in total. The Bertz CT molecular complexity index is 506. The van der Waals surface area contributed by atoms with E-state index < -0.39 is 0 Å². The Morgan fingerprint density at radius 2 is 2.25 bits per heavy atom. The molecule has 2 aromatic rings. The average Bonchev–Trinajstić information content (AvgIpc) is 2.35. The van der Waals surface area contributed by atoms with E-state index in [2.05, 4.69) is 34.4 Å². The topological polar surface area (TPSA) is 24.9 Å². The Balaban J connectivity index is 2.15. The molecule has 2 rings (SSSR count). The molecule has 0 amide bonds. The predicted molar refractivity (Wildman–Crippen MR) is 66.9 cm³/mol. The molecule has 0 spiro atoms. The summed E-state index contributed by atoms with van der Waals surface area (Å²) in [5, 5.41) is 5.77. The molecule has 2 heteroatoms. The summed E-state index contributed by atoms with van der Waals surface area (Å²) >= 11 is 0. The first kappa shape index (κ1) is 10.7. The minimum absolute atomic E-state index is 0.770. The lowest BCUT2D eigenvalue weighted by molar-refractivity contribution is 0.704. The Hall–Kier alpha value is -1.85. The van der Waals surface area contributed by atoms with E-state index in [0.717, 1.165) is 19.5 Å². The van der Waals surface area contributed by atoms with Gasteiger partial charge in [0.25, 0.3) is 0 Å². The maximum Gasteiger partial charge on any atom is 0.0346 e. The van der Waals surface area contributed by atoms with Gasteiger partial charge in [0.2, 0.25) is 0 Å². The molecule has 0 aliphatic rings. The van der Waals surface area contributed by atoms with Crippen LogP contribution in [-0.4, -0.2) is 11.5 Å². The number of fused-ring (bicyclic) bond motifs is 1. The zero-order valence-corrected chi connectivity index (χ0v) is 9.11. The largest absolute Gasteiger partial charge is 0.312 e. The molecule has 1 aromatic heterocycles. The maximum atomic E-state index is 5.20. The quantitative estimate of drug-likeness (QED) is 0.619. The van der Waals surface area contributed by atoms with Crippen molar-refractivity contribution in [2.45, 2.75) is 13.0 Å². The van der Waals surface area contributed by atoms with E-state index in [1.807, 2.05) is 18.5 Å². The molecule has 1 heterocycles. The highest BCUT2D eigenvalue weighted by Gasteiger charge is 1.99. The van der Waals surface area contributed by atoms with Crippen LogP contribution in [0.2, 0.25) is 0 Å². The molecule has 0 radical (unpaired) electrons. The van der Waals surface area contributed by atoms with Crippen LogP contribution >= 0.6 is 0 Å². The van der Waals surface area contributed by atoms with Crippen molar-refractivity contribution in [3.63, 3.8) is 0 Å². The SMILES string of the molecule is C#CCCNCc1cccc2cnccc12. The van der Waals surface area contributed by atoms with Gasteiger partial charge in [0.1, 0.15) is 0 Å². The number of aromatic nitrogens is 1. The molecular weight excluding hydrogens is 196 g/mol. The summed E-state index contributed by atoms with van der Waals surface area (Å²) in [6.45, 7) is 1.71. The zero-order valence-electron chi connectivity index (χ0n) is 9.11. The van der Waals surface area contributed by atoms with Crippen LogP contribution in [-0.2, 0) is 6.54 Å². The second-order valence-electron chi connectivity index (χ2n) is 3.64. The molecule has 0 unspecified atom stereocenters. The fourth-order valence-corrected chi connectivity index (χ4v) is 1.73. The number of terminal acetylenes is 1. The van der Waals surface area contributed by atoms with Gasteiger partial charge in [-0.1, -0.05) is 18.2 Å². The lowest BCUT2D eigenvalue weighted by atomic mass is 10.1. The van der Waals surface area contributed by atoms with Crippen molar-refractivity contribution in [1.29, 1.82) is 0 Å². The van der Waals surface area contributed by atoms with Gasteiger partial charge in [0.05, 0.1) is 0 Å². The summed E-state index contributed by atoms with van der Waals surface area (Å²) in [7, 11) is 0. The van der Waals surface area contributed by atoms with Crippen LogP contribution in [0, 0.1) is 12.3 Å². The van der Waals surface area contributed by atoms with Gasteiger partial charge in [-0.05, 0) is 17.0 Å². The lowest BCUT2D eigenvalue weighted by Gasteiger charge is -2.06. The van der Waals surface area contributed by atoms with E-state index in [0.29, 0.717) is 0 Å². The maximum absolute atomic E-state index is 5.20. The Morgan fingerprint density at radius 3 is 3.12 bits per heavy atom. The van der Waals surface area contributed by atoms with Crippen molar-refractivity contribution in [1.82, 2.24) is 10.3 Å². The smallest absolute Gasteiger partial charge is 0.0346 e. The van der Waals surface area contributed by atoms with E-state index in [9.17, 15) is 0 Å². The van der Waals surface area contributed by atoms with Gasteiger partial charge in [0.15, 0.2) is 0 Å². The third-order valence-electron chi connectivity index (χ3n) is 2.53. The first-order valence-corrected chi connectivity index (χ1v) is 5.37. The number of hydrogen-bond donors (Lipinski definition) is 1. The molecule has 0 saturated carbocycles. The van der Waals surface area contributed by atoms with Crippen LogP contribution < -0.4 is 5.32 Å². The lowest BCUT2D eigenvalue weighted by Crippen LogP contribution is -2.14. The highest BCUT2D eigenvalue weighted by Crippen LogP contribution is 2.16. The van der Waals surface area contributed by atoms with E-state index >= 15 is 0 Å². The van der Waals surface area contributed by atoms with Crippen molar-refractivity contribution >= 4 is 10.8 Å². The highest BCUT2D eigenvalue weighted by atomic mass is 14.8. The number of nitrogens with zero attached hydrogens (tertiary/aromatic N) is 1. The third kappa shape index (κ3) is 2.39. The van der Waals surface area contributed by atoms with E-state index in [1.54, 1.807) is 0 Å².